The van der Waals surface area contributed by atoms with Crippen molar-refractivity contribution in [1.29, 1.82) is 0 Å². The van der Waals surface area contributed by atoms with Crippen LogP contribution in [0.15, 0.2) is 97.1 Å². The Kier molecular flexibility index (Phi) is 10.1. The van der Waals surface area contributed by atoms with Crippen molar-refractivity contribution in [1.82, 2.24) is 9.80 Å². The molecule has 1 unspecified atom stereocenters. The summed E-state index contributed by atoms with van der Waals surface area (Å²) in [6, 6.07) is 28.0. The minimum atomic E-state index is -0.438. The van der Waals surface area contributed by atoms with E-state index >= 15 is 0 Å². The molecule has 0 radical (unpaired) electrons. The van der Waals surface area contributed by atoms with Crippen LogP contribution in [0, 0.1) is 0 Å². The van der Waals surface area contributed by atoms with Crippen molar-refractivity contribution in [2.75, 3.05) is 32.7 Å². The molecule has 1 aliphatic rings. The van der Waals surface area contributed by atoms with E-state index in [0.717, 1.165) is 5.56 Å². The van der Waals surface area contributed by atoms with E-state index in [1.54, 1.807) is 73.8 Å². The van der Waals surface area contributed by atoms with Gasteiger partial charge in [-0.2, -0.15) is 0 Å². The summed E-state index contributed by atoms with van der Waals surface area (Å²) in [5.41, 5.74) is 2.84. The van der Waals surface area contributed by atoms with Gasteiger partial charge in [0.25, 0.3) is 23.6 Å². The first-order chi connectivity index (χ1) is 22.3. The number of amides is 4. The average molecular weight is 622 g/mol. The van der Waals surface area contributed by atoms with Crippen molar-refractivity contribution >= 4 is 29.3 Å². The molecule has 0 spiro atoms. The minimum absolute atomic E-state index is 0.0992. The van der Waals surface area contributed by atoms with Gasteiger partial charge in [0.05, 0.1) is 42.2 Å². The van der Waals surface area contributed by atoms with Crippen LogP contribution in [0.1, 0.15) is 60.3 Å². The van der Waals surface area contributed by atoms with E-state index in [0.29, 0.717) is 46.9 Å². The zero-order valence-corrected chi connectivity index (χ0v) is 25.9. The molecule has 0 aromatic heterocycles. The van der Waals surface area contributed by atoms with Gasteiger partial charge in [-0.25, -0.2) is 0 Å². The molecule has 10 heteroatoms. The van der Waals surface area contributed by atoms with Gasteiger partial charge in [0.15, 0.2) is 0 Å². The Labute approximate surface area is 267 Å². The number of nitrogens with zero attached hydrogens (tertiary/aromatic N) is 2. The van der Waals surface area contributed by atoms with Crippen molar-refractivity contribution in [3.63, 3.8) is 0 Å². The van der Waals surface area contributed by atoms with E-state index in [1.807, 2.05) is 37.3 Å². The Balaban J connectivity index is 1.18. The third kappa shape index (κ3) is 7.24. The summed E-state index contributed by atoms with van der Waals surface area (Å²) >= 11 is 0. The fraction of sp³-hybridized carbons (Fsp3) is 0.222. The molecule has 4 aromatic rings. The first-order valence-corrected chi connectivity index (χ1v) is 14.8. The van der Waals surface area contributed by atoms with E-state index in [4.69, 9.17) is 14.2 Å². The number of para-hydroxylation sites is 1. The van der Waals surface area contributed by atoms with Crippen LogP contribution in [0.4, 0.5) is 5.69 Å². The van der Waals surface area contributed by atoms with Gasteiger partial charge in [-0.05, 0) is 55.0 Å². The maximum Gasteiger partial charge on any atom is 0.261 e. The quantitative estimate of drug-likeness (QED) is 0.152. The Morgan fingerprint density at radius 3 is 2.20 bits per heavy atom. The van der Waals surface area contributed by atoms with E-state index in [1.165, 1.54) is 16.9 Å². The number of anilines is 1. The van der Waals surface area contributed by atoms with Gasteiger partial charge in [-0.3, -0.25) is 24.1 Å². The molecule has 46 heavy (non-hydrogen) atoms. The molecular weight excluding hydrogens is 586 g/mol. The van der Waals surface area contributed by atoms with Gasteiger partial charge >= 0.3 is 0 Å². The highest BCUT2D eigenvalue weighted by Crippen LogP contribution is 2.29. The number of carbonyl (C=O) groups is 4. The number of hydrogen-bond acceptors (Lipinski definition) is 7. The number of carbonyl (C=O) groups excluding carboxylic acids is 4. The lowest BCUT2D eigenvalue weighted by molar-refractivity contribution is 0.0269. The van der Waals surface area contributed by atoms with Crippen LogP contribution >= 0.6 is 0 Å². The molecule has 0 saturated carbocycles. The number of benzene rings is 4. The zero-order chi connectivity index (χ0) is 32.6. The molecule has 4 aromatic carbocycles. The monoisotopic (exact) mass is 621 g/mol. The molecule has 4 amide bonds. The number of hydrogen-bond donors (Lipinski definition) is 1. The first kappa shape index (κ1) is 31.9. The third-order valence-electron chi connectivity index (χ3n) is 7.54. The van der Waals surface area contributed by atoms with Crippen LogP contribution in [0.3, 0.4) is 0 Å². The van der Waals surface area contributed by atoms with Crippen molar-refractivity contribution < 1.29 is 33.4 Å². The van der Waals surface area contributed by atoms with Gasteiger partial charge < -0.3 is 24.4 Å². The van der Waals surface area contributed by atoms with Gasteiger partial charge in [0, 0.05) is 25.6 Å². The fourth-order valence-corrected chi connectivity index (χ4v) is 5.06. The van der Waals surface area contributed by atoms with Crippen LogP contribution in [-0.2, 0) is 11.3 Å². The van der Waals surface area contributed by atoms with Crippen LogP contribution in [0.2, 0.25) is 0 Å². The second kappa shape index (κ2) is 14.5. The van der Waals surface area contributed by atoms with Gasteiger partial charge in [-0.1, -0.05) is 54.6 Å². The third-order valence-corrected chi connectivity index (χ3v) is 7.54. The van der Waals surface area contributed by atoms with E-state index in [-0.39, 0.29) is 36.6 Å². The number of rotatable bonds is 13. The summed E-state index contributed by atoms with van der Waals surface area (Å²) < 4.78 is 17.3. The summed E-state index contributed by atoms with van der Waals surface area (Å²) in [5.74, 6) is -0.692. The number of nitrogens with one attached hydrogen (secondary N) is 1. The van der Waals surface area contributed by atoms with Crippen molar-refractivity contribution in [3.8, 4) is 11.5 Å². The maximum absolute atomic E-state index is 13.4. The Morgan fingerprint density at radius 1 is 0.848 bits per heavy atom. The molecule has 0 fully saturated rings. The Bertz CT molecular complexity index is 1710. The molecule has 236 valence electrons. The predicted octanol–water partition coefficient (Wildman–Crippen LogP) is 5.65. The Morgan fingerprint density at radius 2 is 1.50 bits per heavy atom. The highest BCUT2D eigenvalue weighted by Gasteiger charge is 2.35. The highest BCUT2D eigenvalue weighted by atomic mass is 16.5. The van der Waals surface area contributed by atoms with E-state index < -0.39 is 12.0 Å². The summed E-state index contributed by atoms with van der Waals surface area (Å²) in [6.07, 6.45) is -0.0389. The van der Waals surface area contributed by atoms with Gasteiger partial charge in [0.2, 0.25) is 0 Å². The molecule has 1 aliphatic heterocycles. The predicted molar refractivity (Wildman–Crippen MR) is 172 cm³/mol. The molecule has 10 nitrogen and oxygen atoms in total. The van der Waals surface area contributed by atoms with Gasteiger partial charge in [-0.15, -0.1) is 0 Å². The molecule has 0 aliphatic carbocycles. The van der Waals surface area contributed by atoms with Crippen molar-refractivity contribution in [2.45, 2.75) is 26.1 Å². The second-order valence-electron chi connectivity index (χ2n) is 10.9. The lowest BCUT2D eigenvalue weighted by Crippen LogP contribution is -2.33. The van der Waals surface area contributed by atoms with Crippen LogP contribution in [0.5, 0.6) is 11.5 Å². The molecule has 0 bridgehead atoms. The molecule has 0 saturated heterocycles. The number of fused-ring (bicyclic) bond motifs is 1. The van der Waals surface area contributed by atoms with Crippen molar-refractivity contribution in [3.05, 3.63) is 125 Å². The van der Waals surface area contributed by atoms with E-state index in [2.05, 4.69) is 5.32 Å². The fourth-order valence-electron chi connectivity index (χ4n) is 5.06. The Hall–Kier alpha value is -5.48. The molecule has 1 heterocycles. The lowest BCUT2D eigenvalue weighted by atomic mass is 10.1. The average Bonchev–Trinajstić information content (AvgIpc) is 3.32. The van der Waals surface area contributed by atoms with Crippen molar-refractivity contribution in [2.24, 2.45) is 0 Å². The lowest BCUT2D eigenvalue weighted by Gasteiger charge is -2.20. The van der Waals surface area contributed by atoms with Gasteiger partial charge in [0.1, 0.15) is 18.2 Å². The number of ether oxygens (including phenoxy) is 3. The van der Waals surface area contributed by atoms with Crippen LogP contribution in [-0.4, -0.2) is 67.0 Å². The number of methoxy groups -OCH3 is 1. The van der Waals surface area contributed by atoms with E-state index in [9.17, 15) is 19.2 Å². The standard InChI is InChI=1S/C36H35N3O7/c1-24(19-20-39-35(42)27-13-7-8-14-28(27)36(39)43)46-31-16-10-9-15-29(31)33(40)37-30-18-17-26(21-32(30)44-3)34(41)38(2)23-45-22-25-11-5-4-6-12-25/h4-18,21,24H,19-20,22-23H2,1-3H3,(H,37,40). The zero-order valence-electron chi connectivity index (χ0n) is 25.9. The SMILES string of the molecule is COc1cc(C(=O)N(C)COCc2ccccc2)ccc1NC(=O)c1ccccc1OC(C)CCN1C(=O)c2ccccc2C1=O. The topological polar surface area (TPSA) is 114 Å². The summed E-state index contributed by atoms with van der Waals surface area (Å²) in [4.78, 5) is 54.5. The molecular formula is C36H35N3O7. The maximum atomic E-state index is 13.4. The first-order valence-electron chi connectivity index (χ1n) is 14.8. The molecule has 5 rings (SSSR count). The molecule has 1 atom stereocenters. The van der Waals surface area contributed by atoms with Crippen LogP contribution in [0.25, 0.3) is 0 Å². The van der Waals surface area contributed by atoms with Crippen LogP contribution < -0.4 is 14.8 Å². The molecule has 1 N–H and O–H groups in total. The highest BCUT2D eigenvalue weighted by molar-refractivity contribution is 6.21. The second-order valence-corrected chi connectivity index (χ2v) is 10.9. The summed E-state index contributed by atoms with van der Waals surface area (Å²) in [6.45, 7) is 2.47. The number of imide groups is 1. The largest absolute Gasteiger partial charge is 0.495 e. The summed E-state index contributed by atoms with van der Waals surface area (Å²) in [7, 11) is 3.10. The minimum Gasteiger partial charge on any atom is -0.495 e. The smallest absolute Gasteiger partial charge is 0.261 e. The normalized spacial score (nSPS) is 12.8. The summed E-state index contributed by atoms with van der Waals surface area (Å²) in [5, 5.41) is 2.85.